The molecular formula is C55H72Cl2FN9O10S. The Kier molecular flexibility index (Phi) is 22.6. The molecule has 78 heavy (non-hydrogen) atoms. The molecule has 23 heteroatoms. The maximum absolute atomic E-state index is 14.2. The summed E-state index contributed by atoms with van der Waals surface area (Å²) in [5.74, 6) is -1.39. The Balaban J connectivity index is 0.686. The number of ether oxygens (including phenoxy) is 6. The number of piperidine rings is 1. The number of carbonyl (C=O) groups excluding carboxylic acids is 3. The van der Waals surface area contributed by atoms with Gasteiger partial charge < -0.3 is 59.7 Å². The predicted molar refractivity (Wildman–Crippen MR) is 296 cm³/mol. The third-order valence-electron chi connectivity index (χ3n) is 13.5. The molecule has 2 fully saturated rings. The van der Waals surface area contributed by atoms with Gasteiger partial charge in [-0.2, -0.15) is 5.10 Å². The molecule has 0 radical (unpaired) electrons. The number of likely N-dealkylation sites (tertiary alicyclic amines) is 2. The summed E-state index contributed by atoms with van der Waals surface area (Å²) in [7, 11) is 0. The number of aryl methyl sites for hydroxylation is 1. The summed E-state index contributed by atoms with van der Waals surface area (Å²) in [5, 5.41) is 21.1. The van der Waals surface area contributed by atoms with Gasteiger partial charge in [-0.05, 0) is 61.4 Å². The first-order chi connectivity index (χ1) is 37.5. The minimum Gasteiger partial charge on any atom is -0.482 e. The summed E-state index contributed by atoms with van der Waals surface area (Å²) in [6.07, 6.45) is 5.88. The minimum atomic E-state index is -0.968. The van der Waals surface area contributed by atoms with Crippen molar-refractivity contribution < 1.29 is 52.3 Å². The first-order valence-corrected chi connectivity index (χ1v) is 27.9. The summed E-state index contributed by atoms with van der Waals surface area (Å²) in [6, 6.07) is 10.7. The number of hydrogen-bond donors (Lipinski definition) is 4. The topological polar surface area (TPSA) is 227 Å². The van der Waals surface area contributed by atoms with E-state index in [2.05, 4.69) is 30.6 Å². The van der Waals surface area contributed by atoms with Crippen LogP contribution in [0.25, 0.3) is 21.6 Å². The molecule has 3 aromatic heterocycles. The quantitative estimate of drug-likeness (QED) is 0.0290. The lowest BCUT2D eigenvalue weighted by Crippen LogP contribution is -2.58. The summed E-state index contributed by atoms with van der Waals surface area (Å²) in [6.45, 7) is 15.2. The second-order valence-electron chi connectivity index (χ2n) is 20.4. The standard InChI is InChI=1S/C55H72Cl2FN9O10S/c1-35-50(78-34-62-35)38-8-6-37(7-9-38)28-61-53(70)45-27-42(68)32-66(45)54(71)51(55(3,4)5)64-47(69)33-76-25-24-75-23-22-74-21-20-73-19-18-72-17-16-65-14-12-41(13-15-65)67-31-40(30-63-67)39-26-46(52(59)60-29-39)77-36(2)48-43(56)10-11-44(58)49(48)57/h6-11,26,29-31,34,36,41-42,45,51,68H,12-25,27-28,32-33H2,1-5H3,(H2,59,60)(H,61,70)(H,64,69)/t36-,42-,45+,51-/m1/s1. The lowest BCUT2D eigenvalue weighted by atomic mass is 9.85. The molecule has 0 aliphatic carbocycles. The van der Waals surface area contributed by atoms with Crippen LogP contribution in [0.4, 0.5) is 10.2 Å². The van der Waals surface area contributed by atoms with Gasteiger partial charge in [-0.15, -0.1) is 11.3 Å². The molecule has 5 N–H and O–H groups in total. The second kappa shape index (κ2) is 29.2. The van der Waals surface area contributed by atoms with E-state index in [0.717, 1.165) is 65.3 Å². The Hall–Kier alpha value is -5.33. The summed E-state index contributed by atoms with van der Waals surface area (Å²) >= 11 is 14.1. The number of carbonyl (C=O) groups is 3. The zero-order valence-electron chi connectivity index (χ0n) is 44.9. The Morgan fingerprint density at radius 1 is 0.885 bits per heavy atom. The molecule has 0 spiro atoms. The number of pyridine rings is 1. The predicted octanol–water partition coefficient (Wildman–Crippen LogP) is 7.07. The molecule has 0 saturated carbocycles. The molecule has 2 saturated heterocycles. The van der Waals surface area contributed by atoms with E-state index in [9.17, 15) is 23.9 Å². The van der Waals surface area contributed by atoms with Crippen molar-refractivity contribution in [2.24, 2.45) is 5.41 Å². The van der Waals surface area contributed by atoms with Crippen LogP contribution in [-0.2, 0) is 44.6 Å². The molecule has 4 atom stereocenters. The van der Waals surface area contributed by atoms with Crippen molar-refractivity contribution in [2.75, 3.05) is 98.0 Å². The van der Waals surface area contributed by atoms with Crippen molar-refractivity contribution in [1.29, 1.82) is 0 Å². The molecular weight excluding hydrogens is 1070 g/mol. The number of aliphatic hydroxyl groups excluding tert-OH is 1. The zero-order chi connectivity index (χ0) is 55.8. The van der Waals surface area contributed by atoms with Crippen molar-refractivity contribution >= 4 is 58.1 Å². The lowest BCUT2D eigenvalue weighted by molar-refractivity contribution is -0.144. The Labute approximate surface area is 469 Å². The lowest BCUT2D eigenvalue weighted by Gasteiger charge is -2.35. The fourth-order valence-electron chi connectivity index (χ4n) is 9.19. The van der Waals surface area contributed by atoms with Crippen molar-refractivity contribution in [3.63, 3.8) is 0 Å². The van der Waals surface area contributed by atoms with Crippen LogP contribution < -0.4 is 21.1 Å². The van der Waals surface area contributed by atoms with Crippen LogP contribution in [0.15, 0.2) is 66.6 Å². The van der Waals surface area contributed by atoms with Gasteiger partial charge in [-0.25, -0.2) is 14.4 Å². The van der Waals surface area contributed by atoms with Crippen molar-refractivity contribution in [3.8, 4) is 27.3 Å². The van der Waals surface area contributed by atoms with Gasteiger partial charge in [-0.1, -0.05) is 68.2 Å². The van der Waals surface area contributed by atoms with Crippen LogP contribution in [0, 0.1) is 18.2 Å². The van der Waals surface area contributed by atoms with Crippen LogP contribution in [0.2, 0.25) is 10.0 Å². The average Bonchev–Trinajstić information content (AvgIpc) is 4.22. The van der Waals surface area contributed by atoms with Gasteiger partial charge in [0.1, 0.15) is 30.6 Å². The Morgan fingerprint density at radius 3 is 2.18 bits per heavy atom. The normalized spacial score (nSPS) is 17.1. The number of anilines is 1. The number of aromatic nitrogens is 4. The maximum Gasteiger partial charge on any atom is 0.246 e. The van der Waals surface area contributed by atoms with Crippen LogP contribution in [-0.4, -0.2) is 163 Å². The molecule has 0 unspecified atom stereocenters. The number of benzene rings is 2. The van der Waals surface area contributed by atoms with E-state index >= 15 is 0 Å². The molecule has 0 bridgehead atoms. The Morgan fingerprint density at radius 2 is 1.54 bits per heavy atom. The third-order valence-corrected chi connectivity index (χ3v) is 15.2. The molecule has 5 heterocycles. The fraction of sp³-hybridized carbons (Fsp3) is 0.527. The number of amides is 3. The largest absolute Gasteiger partial charge is 0.482 e. The zero-order valence-corrected chi connectivity index (χ0v) is 47.2. The number of hydrogen-bond acceptors (Lipinski definition) is 16. The van der Waals surface area contributed by atoms with E-state index < -0.39 is 47.3 Å². The van der Waals surface area contributed by atoms with E-state index in [1.54, 1.807) is 36.7 Å². The monoisotopic (exact) mass is 1140 g/mol. The third kappa shape index (κ3) is 17.1. The number of nitrogen functional groups attached to an aromatic ring is 1. The van der Waals surface area contributed by atoms with E-state index in [1.165, 1.54) is 17.0 Å². The van der Waals surface area contributed by atoms with Gasteiger partial charge in [0.25, 0.3) is 0 Å². The number of nitrogens with zero attached hydrogens (tertiary/aromatic N) is 6. The molecule has 5 aromatic rings. The van der Waals surface area contributed by atoms with Crippen molar-refractivity contribution in [3.05, 3.63) is 99.2 Å². The van der Waals surface area contributed by atoms with Gasteiger partial charge in [0, 0.05) is 73.3 Å². The highest BCUT2D eigenvalue weighted by Gasteiger charge is 2.44. The van der Waals surface area contributed by atoms with Gasteiger partial charge >= 0.3 is 0 Å². The molecule has 2 aliphatic heterocycles. The molecule has 19 nitrogen and oxygen atoms in total. The molecule has 2 aromatic carbocycles. The van der Waals surface area contributed by atoms with Crippen molar-refractivity contribution in [1.82, 2.24) is 40.2 Å². The van der Waals surface area contributed by atoms with Gasteiger partial charge in [-0.3, -0.25) is 19.1 Å². The van der Waals surface area contributed by atoms with E-state index in [-0.39, 0.29) is 67.1 Å². The summed E-state index contributed by atoms with van der Waals surface area (Å²) < 4.78 is 50.4. The molecule has 424 valence electrons. The number of nitrogens with one attached hydrogen (secondary N) is 2. The average molecular weight is 1140 g/mol. The number of β-amino-alcohol motifs (C(OH)–C–C–N with tert-alkyl or cyclic N) is 1. The number of aliphatic hydroxyl groups is 1. The van der Waals surface area contributed by atoms with Crippen molar-refractivity contribution in [2.45, 2.75) is 90.8 Å². The number of nitrogens with two attached hydrogens (primary N) is 1. The summed E-state index contributed by atoms with van der Waals surface area (Å²) in [4.78, 5) is 53.8. The maximum atomic E-state index is 14.2. The van der Waals surface area contributed by atoms with Gasteiger partial charge in [0.15, 0.2) is 11.6 Å². The molecule has 3 amide bonds. The molecule has 7 rings (SSSR count). The van der Waals surface area contributed by atoms with Crippen LogP contribution in [0.5, 0.6) is 5.75 Å². The first kappa shape index (κ1) is 60.3. The SMILES string of the molecule is Cc1ncsc1-c1ccc(CNC(=O)[C@@H]2C[C@@H](O)CN2C(=O)[C@@H](NC(=O)COCCOCCOCCOCCOCCN2CCC(n3cc(-c4cnc(N)c(O[C@H](C)c5c(Cl)ccc(F)c5Cl)c4)cn3)CC2)C(C)(C)C)cc1. The highest BCUT2D eigenvalue weighted by Crippen LogP contribution is 2.37. The summed E-state index contributed by atoms with van der Waals surface area (Å²) in [5.41, 5.74) is 12.1. The minimum absolute atomic E-state index is 0.0197. The highest BCUT2D eigenvalue weighted by molar-refractivity contribution is 7.13. The smallest absolute Gasteiger partial charge is 0.246 e. The van der Waals surface area contributed by atoms with Crippen LogP contribution in [0.3, 0.4) is 0 Å². The van der Waals surface area contributed by atoms with E-state index in [4.69, 9.17) is 57.4 Å². The number of rotatable bonds is 28. The van der Waals surface area contributed by atoms with Crippen LogP contribution in [0.1, 0.15) is 75.9 Å². The highest BCUT2D eigenvalue weighted by atomic mass is 35.5. The van der Waals surface area contributed by atoms with Gasteiger partial charge in [0.05, 0.1) is 98.9 Å². The van der Waals surface area contributed by atoms with Gasteiger partial charge in [0.2, 0.25) is 17.7 Å². The second-order valence-corrected chi connectivity index (χ2v) is 22.0. The first-order valence-electron chi connectivity index (χ1n) is 26.2. The Bertz CT molecular complexity index is 2740. The van der Waals surface area contributed by atoms with Crippen LogP contribution >= 0.6 is 34.5 Å². The van der Waals surface area contributed by atoms with E-state index in [0.29, 0.717) is 57.6 Å². The number of thiazole rings is 1. The van der Waals surface area contributed by atoms with E-state index in [1.807, 2.05) is 68.3 Å². The number of halogens is 3. The fourth-order valence-corrected chi connectivity index (χ4v) is 10.7. The molecule has 2 aliphatic rings.